The Balaban J connectivity index is 2.45. The van der Waals surface area contributed by atoms with Gasteiger partial charge in [-0.05, 0) is 36.5 Å². The van der Waals surface area contributed by atoms with Crippen molar-refractivity contribution in [1.82, 2.24) is 0 Å². The van der Waals surface area contributed by atoms with Gasteiger partial charge in [-0.3, -0.25) is 0 Å². The van der Waals surface area contributed by atoms with Gasteiger partial charge in [0.25, 0.3) is 0 Å². The van der Waals surface area contributed by atoms with E-state index >= 15 is 0 Å². The molecular weight excluding hydrogens is 284 g/mol. The van der Waals surface area contributed by atoms with Crippen molar-refractivity contribution < 1.29 is 26.3 Å². The highest BCUT2D eigenvalue weighted by atomic mass is 19.4. The van der Waals surface area contributed by atoms with E-state index in [0.717, 1.165) is 12.5 Å². The summed E-state index contributed by atoms with van der Waals surface area (Å²) in [7, 11) is 0. The zero-order chi connectivity index (χ0) is 15.1. The predicted octanol–water partition coefficient (Wildman–Crippen LogP) is 4.52. The van der Waals surface area contributed by atoms with Gasteiger partial charge in [-0.1, -0.05) is 12.5 Å². The number of nitrogens with two attached hydrogens (primary N) is 1. The van der Waals surface area contributed by atoms with Gasteiger partial charge < -0.3 is 5.73 Å². The van der Waals surface area contributed by atoms with Gasteiger partial charge >= 0.3 is 12.4 Å². The van der Waals surface area contributed by atoms with E-state index in [-0.39, 0.29) is 17.5 Å². The second kappa shape index (κ2) is 4.95. The monoisotopic (exact) mass is 297 g/mol. The van der Waals surface area contributed by atoms with Crippen molar-refractivity contribution in [2.75, 3.05) is 0 Å². The molecule has 0 unspecified atom stereocenters. The third-order valence-corrected chi connectivity index (χ3v) is 3.70. The molecule has 1 aliphatic carbocycles. The number of hydrogen-bond donors (Lipinski definition) is 1. The molecule has 112 valence electrons. The summed E-state index contributed by atoms with van der Waals surface area (Å²) in [5.41, 5.74) is 2.93. The molecule has 1 saturated carbocycles. The van der Waals surface area contributed by atoms with Crippen molar-refractivity contribution >= 4 is 0 Å². The molecule has 1 aromatic carbocycles. The number of rotatable bonds is 2. The van der Waals surface area contributed by atoms with Crippen molar-refractivity contribution in [3.8, 4) is 0 Å². The lowest BCUT2D eigenvalue weighted by Gasteiger charge is -2.33. The van der Waals surface area contributed by atoms with E-state index in [1.54, 1.807) is 0 Å². The number of halogens is 6. The van der Waals surface area contributed by atoms with Gasteiger partial charge in [0.1, 0.15) is 0 Å². The van der Waals surface area contributed by atoms with Crippen LogP contribution in [-0.4, -0.2) is 0 Å². The van der Waals surface area contributed by atoms with E-state index in [4.69, 9.17) is 5.73 Å². The Morgan fingerprint density at radius 1 is 1.00 bits per heavy atom. The summed E-state index contributed by atoms with van der Waals surface area (Å²) in [6.45, 7) is 0. The minimum Gasteiger partial charge on any atom is -0.324 e. The van der Waals surface area contributed by atoms with E-state index in [0.29, 0.717) is 18.9 Å². The van der Waals surface area contributed by atoms with Gasteiger partial charge in [-0.15, -0.1) is 0 Å². The van der Waals surface area contributed by atoms with Gasteiger partial charge in [-0.25, -0.2) is 0 Å². The van der Waals surface area contributed by atoms with E-state index in [1.165, 1.54) is 0 Å². The molecule has 1 fully saturated rings. The highest BCUT2D eigenvalue weighted by molar-refractivity contribution is 5.38. The Bertz CT molecular complexity index is 487. The van der Waals surface area contributed by atoms with Crippen molar-refractivity contribution in [3.05, 3.63) is 34.9 Å². The quantitative estimate of drug-likeness (QED) is 0.798. The minimum absolute atomic E-state index is 0.0900. The largest absolute Gasteiger partial charge is 0.416 e. The van der Waals surface area contributed by atoms with Crippen LogP contribution in [0, 0.1) is 5.92 Å². The molecule has 0 radical (unpaired) electrons. The van der Waals surface area contributed by atoms with Crippen LogP contribution in [0.15, 0.2) is 18.2 Å². The zero-order valence-corrected chi connectivity index (χ0v) is 10.4. The van der Waals surface area contributed by atoms with Crippen LogP contribution in [0.4, 0.5) is 26.3 Å². The smallest absolute Gasteiger partial charge is 0.324 e. The van der Waals surface area contributed by atoms with Crippen LogP contribution in [0.1, 0.15) is 42.0 Å². The van der Waals surface area contributed by atoms with Gasteiger partial charge in [0, 0.05) is 6.04 Å². The summed E-state index contributed by atoms with van der Waals surface area (Å²) in [4.78, 5) is 0. The van der Waals surface area contributed by atoms with Crippen LogP contribution in [0.2, 0.25) is 0 Å². The Labute approximate surface area is 111 Å². The third-order valence-electron chi connectivity index (χ3n) is 3.70. The molecule has 0 aromatic heterocycles. The van der Waals surface area contributed by atoms with Crippen LogP contribution in [0.25, 0.3) is 0 Å². The highest BCUT2D eigenvalue weighted by Gasteiger charge is 2.40. The molecule has 2 rings (SSSR count). The molecule has 0 bridgehead atoms. The summed E-state index contributed by atoms with van der Waals surface area (Å²) < 4.78 is 76.4. The van der Waals surface area contributed by atoms with Gasteiger partial charge in [0.2, 0.25) is 0 Å². The lowest BCUT2D eigenvalue weighted by atomic mass is 9.76. The van der Waals surface area contributed by atoms with Crippen molar-refractivity contribution in [2.45, 2.75) is 37.7 Å². The van der Waals surface area contributed by atoms with Crippen LogP contribution in [0.3, 0.4) is 0 Å². The lowest BCUT2D eigenvalue weighted by Crippen LogP contribution is -2.29. The molecule has 0 saturated heterocycles. The van der Waals surface area contributed by atoms with Crippen molar-refractivity contribution in [3.63, 3.8) is 0 Å². The normalized spacial score (nSPS) is 18.8. The van der Waals surface area contributed by atoms with E-state index in [1.807, 2.05) is 0 Å². The molecular formula is C13H13F6N. The van der Waals surface area contributed by atoms with Crippen LogP contribution < -0.4 is 5.73 Å². The van der Waals surface area contributed by atoms with E-state index < -0.39 is 29.5 Å². The van der Waals surface area contributed by atoms with Crippen molar-refractivity contribution in [1.29, 1.82) is 0 Å². The molecule has 1 aromatic rings. The molecule has 7 heteroatoms. The molecule has 0 heterocycles. The third kappa shape index (κ3) is 2.92. The molecule has 20 heavy (non-hydrogen) atoms. The molecule has 0 amide bonds. The van der Waals surface area contributed by atoms with Crippen LogP contribution in [-0.2, 0) is 12.4 Å². The van der Waals surface area contributed by atoms with Gasteiger partial charge in [0.05, 0.1) is 11.1 Å². The summed E-state index contributed by atoms with van der Waals surface area (Å²) >= 11 is 0. The fourth-order valence-corrected chi connectivity index (χ4v) is 2.32. The first kappa shape index (κ1) is 15.2. The maximum atomic E-state index is 12.9. The Morgan fingerprint density at radius 2 is 1.60 bits per heavy atom. The SMILES string of the molecule is N[C@@H](c1ccc(C(F)(F)F)cc1C(F)(F)F)C1CCC1. The highest BCUT2D eigenvalue weighted by Crippen LogP contribution is 2.43. The van der Waals surface area contributed by atoms with Crippen LogP contribution in [0.5, 0.6) is 0 Å². The number of benzene rings is 1. The van der Waals surface area contributed by atoms with Gasteiger partial charge in [0.15, 0.2) is 0 Å². The maximum Gasteiger partial charge on any atom is 0.416 e. The Kier molecular flexibility index (Phi) is 3.75. The van der Waals surface area contributed by atoms with E-state index in [9.17, 15) is 26.3 Å². The summed E-state index contributed by atoms with van der Waals surface area (Å²) in [6, 6.07) is 0.786. The zero-order valence-electron chi connectivity index (χ0n) is 10.4. The maximum absolute atomic E-state index is 12.9. The topological polar surface area (TPSA) is 26.0 Å². The predicted molar refractivity (Wildman–Crippen MR) is 60.7 cm³/mol. The van der Waals surface area contributed by atoms with Gasteiger partial charge in [-0.2, -0.15) is 26.3 Å². The molecule has 1 atom stereocenters. The molecule has 0 aliphatic heterocycles. The Morgan fingerprint density at radius 3 is 2.00 bits per heavy atom. The second-order valence-electron chi connectivity index (χ2n) is 5.01. The molecule has 1 nitrogen and oxygen atoms in total. The Hall–Kier alpha value is -1.24. The average molecular weight is 297 g/mol. The minimum atomic E-state index is -4.85. The standard InChI is InChI=1S/C13H13F6N/c14-12(15,16)8-4-5-9(10(6-8)13(17,18)19)11(20)7-2-1-3-7/h4-7,11H,1-3,20H2/t11-/m1/s1. The first-order chi connectivity index (χ1) is 9.10. The molecule has 1 aliphatic rings. The average Bonchev–Trinajstić information content (AvgIpc) is 2.23. The van der Waals surface area contributed by atoms with Crippen molar-refractivity contribution in [2.24, 2.45) is 11.7 Å². The summed E-state index contributed by atoms with van der Waals surface area (Å²) in [5, 5.41) is 0. The summed E-state index contributed by atoms with van der Waals surface area (Å²) in [5.74, 6) is -0.0900. The first-order valence-corrected chi connectivity index (χ1v) is 6.14. The molecule has 0 spiro atoms. The van der Waals surface area contributed by atoms with Crippen LogP contribution >= 0.6 is 0 Å². The van der Waals surface area contributed by atoms with E-state index in [2.05, 4.69) is 0 Å². The lowest BCUT2D eigenvalue weighted by molar-refractivity contribution is -0.143. The second-order valence-corrected chi connectivity index (χ2v) is 5.01. The first-order valence-electron chi connectivity index (χ1n) is 6.14. The molecule has 2 N–H and O–H groups in total. The summed E-state index contributed by atoms with van der Waals surface area (Å²) in [6.07, 6.45) is -7.35. The number of hydrogen-bond acceptors (Lipinski definition) is 1. The fourth-order valence-electron chi connectivity index (χ4n) is 2.32. The number of alkyl halides is 6. The fraction of sp³-hybridized carbons (Fsp3) is 0.538.